The fourth-order valence-electron chi connectivity index (χ4n) is 5.54. The van der Waals surface area contributed by atoms with Crippen LogP contribution in [0.2, 0.25) is 0 Å². The SMILES string of the molecule is COc1cc(C(=O)O)c(F)cc1N(CC#Cc1cc2c(N[C@@H]3CCN(C)C[C@@H]3F)cccc2n1CC1CC1)C(=O)OC(C)(C)C. The van der Waals surface area contributed by atoms with Crippen molar-refractivity contribution >= 4 is 34.3 Å². The van der Waals surface area contributed by atoms with Gasteiger partial charge in [0.25, 0.3) is 0 Å². The number of halogens is 2. The van der Waals surface area contributed by atoms with Crippen molar-refractivity contribution in [2.75, 3.05) is 44.0 Å². The maximum Gasteiger partial charge on any atom is 0.415 e. The van der Waals surface area contributed by atoms with Crippen LogP contribution in [0.1, 0.15) is 56.1 Å². The number of amides is 1. The summed E-state index contributed by atoms with van der Waals surface area (Å²) in [6.07, 6.45) is 1.18. The zero-order valence-electron chi connectivity index (χ0n) is 26.3. The molecule has 9 nitrogen and oxygen atoms in total. The number of aromatic nitrogens is 1. The molecule has 1 aromatic heterocycles. The van der Waals surface area contributed by atoms with Gasteiger partial charge in [0.15, 0.2) is 0 Å². The van der Waals surface area contributed by atoms with Crippen LogP contribution in [0, 0.1) is 23.6 Å². The summed E-state index contributed by atoms with van der Waals surface area (Å²) >= 11 is 0. The number of hydrogen-bond donors (Lipinski definition) is 2. The highest BCUT2D eigenvalue weighted by molar-refractivity contribution is 5.95. The Hall–Kier alpha value is -4.30. The van der Waals surface area contributed by atoms with Crippen molar-refractivity contribution in [3.63, 3.8) is 0 Å². The molecular weight excluding hydrogens is 582 g/mol. The fraction of sp³-hybridized carbons (Fsp3) is 0.471. The summed E-state index contributed by atoms with van der Waals surface area (Å²) in [5.74, 6) is 4.31. The number of carboxylic acid groups (broad SMARTS) is 1. The van der Waals surface area contributed by atoms with E-state index < -0.39 is 35.2 Å². The number of alkyl halides is 1. The Labute approximate surface area is 262 Å². The van der Waals surface area contributed by atoms with Gasteiger partial charge in [-0.25, -0.2) is 18.4 Å². The van der Waals surface area contributed by atoms with E-state index in [4.69, 9.17) is 9.47 Å². The molecule has 2 aliphatic rings. The van der Waals surface area contributed by atoms with Crippen molar-refractivity contribution in [1.82, 2.24) is 9.47 Å². The molecular formula is C34H40F2N4O5. The minimum Gasteiger partial charge on any atom is -0.495 e. The third-order valence-electron chi connectivity index (χ3n) is 8.03. The zero-order chi connectivity index (χ0) is 32.5. The van der Waals surface area contributed by atoms with E-state index in [1.54, 1.807) is 20.8 Å². The zero-order valence-corrected chi connectivity index (χ0v) is 26.3. The number of methoxy groups -OCH3 is 1. The van der Waals surface area contributed by atoms with Crippen molar-refractivity contribution in [2.24, 2.45) is 5.92 Å². The summed E-state index contributed by atoms with van der Waals surface area (Å²) in [5.41, 5.74) is 1.11. The predicted molar refractivity (Wildman–Crippen MR) is 169 cm³/mol. The number of rotatable bonds is 8. The Morgan fingerprint density at radius 1 is 1.18 bits per heavy atom. The van der Waals surface area contributed by atoms with Crippen LogP contribution in [-0.2, 0) is 11.3 Å². The molecule has 2 aromatic carbocycles. The first-order chi connectivity index (χ1) is 21.3. The molecule has 0 radical (unpaired) electrons. The fourth-order valence-corrected chi connectivity index (χ4v) is 5.54. The first kappa shape index (κ1) is 32.1. The quantitative estimate of drug-likeness (QED) is 0.291. The Bertz CT molecular complexity index is 1650. The van der Waals surface area contributed by atoms with Crippen LogP contribution >= 0.6 is 0 Å². The van der Waals surface area contributed by atoms with Gasteiger partial charge in [0.1, 0.15) is 23.3 Å². The van der Waals surface area contributed by atoms with Gasteiger partial charge in [-0.05, 0) is 83.2 Å². The van der Waals surface area contributed by atoms with E-state index in [-0.39, 0.29) is 24.0 Å². The maximum atomic E-state index is 14.9. The second-order valence-corrected chi connectivity index (χ2v) is 12.8. The number of ether oxygens (including phenoxy) is 2. The van der Waals surface area contributed by atoms with Crippen molar-refractivity contribution in [1.29, 1.82) is 0 Å². The molecule has 1 saturated carbocycles. The third kappa shape index (κ3) is 7.51. The van der Waals surface area contributed by atoms with Gasteiger partial charge in [-0.15, -0.1) is 0 Å². The maximum absolute atomic E-state index is 14.9. The molecule has 0 bridgehead atoms. The number of nitrogens with one attached hydrogen (secondary N) is 1. The molecule has 1 aliphatic heterocycles. The van der Waals surface area contributed by atoms with E-state index in [0.29, 0.717) is 18.9 Å². The number of piperidine rings is 1. The summed E-state index contributed by atoms with van der Waals surface area (Å²) in [6.45, 7) is 6.91. The highest BCUT2D eigenvalue weighted by atomic mass is 19.1. The Kier molecular flexibility index (Phi) is 9.26. The molecule has 0 spiro atoms. The highest BCUT2D eigenvalue weighted by Crippen LogP contribution is 2.36. The summed E-state index contributed by atoms with van der Waals surface area (Å²) in [4.78, 5) is 28.0. The van der Waals surface area contributed by atoms with Gasteiger partial charge >= 0.3 is 12.1 Å². The molecule has 2 atom stereocenters. The number of benzene rings is 2. The third-order valence-corrected chi connectivity index (χ3v) is 8.03. The Morgan fingerprint density at radius 2 is 1.93 bits per heavy atom. The first-order valence-electron chi connectivity index (χ1n) is 15.2. The van der Waals surface area contributed by atoms with Gasteiger partial charge in [-0.3, -0.25) is 4.90 Å². The molecule has 45 heavy (non-hydrogen) atoms. The smallest absolute Gasteiger partial charge is 0.415 e. The number of anilines is 2. The van der Waals surface area contributed by atoms with Gasteiger partial charge in [0, 0.05) is 36.8 Å². The normalized spacial score (nSPS) is 18.6. The van der Waals surface area contributed by atoms with E-state index in [1.807, 2.05) is 36.2 Å². The second-order valence-electron chi connectivity index (χ2n) is 12.8. The van der Waals surface area contributed by atoms with Gasteiger partial charge < -0.3 is 29.4 Å². The number of likely N-dealkylation sites (tertiary alicyclic amines) is 1. The molecule has 3 aromatic rings. The molecule has 2 N–H and O–H groups in total. The minimum absolute atomic E-state index is 0.00698. The molecule has 5 rings (SSSR count). The lowest BCUT2D eigenvalue weighted by molar-refractivity contribution is 0.0583. The van der Waals surface area contributed by atoms with Crippen molar-refractivity contribution in [2.45, 2.75) is 64.4 Å². The number of carboxylic acids is 1. The van der Waals surface area contributed by atoms with E-state index in [2.05, 4.69) is 21.7 Å². The standard InChI is InChI=1S/C34H40F2N4O5/c1-34(2,3)45-33(43)39(30-18-25(35)23(32(41)42)17-31(30)44-5)14-7-8-22-16-24-27(37-28-13-15-38(4)20-26(28)36)9-6-10-29(24)40(22)19-21-11-12-21/h6,9-10,16-18,21,26,28,37H,11-15,19-20H2,1-5H3,(H,41,42)/t26-,28+/m0/s1. The topological polar surface area (TPSA) is 96.3 Å². The van der Waals surface area contributed by atoms with Crippen LogP contribution in [0.25, 0.3) is 10.9 Å². The molecule has 2 heterocycles. The predicted octanol–water partition coefficient (Wildman–Crippen LogP) is 6.14. The number of carbonyl (C=O) groups excluding carboxylic acids is 1. The van der Waals surface area contributed by atoms with Crippen LogP contribution in [0.15, 0.2) is 36.4 Å². The minimum atomic E-state index is -1.46. The number of carbonyl (C=O) groups is 2. The largest absolute Gasteiger partial charge is 0.495 e. The van der Waals surface area contributed by atoms with Crippen LogP contribution in [0.4, 0.5) is 25.0 Å². The van der Waals surface area contributed by atoms with E-state index in [9.17, 15) is 23.5 Å². The van der Waals surface area contributed by atoms with Crippen LogP contribution < -0.4 is 15.0 Å². The first-order valence-corrected chi connectivity index (χ1v) is 15.2. The van der Waals surface area contributed by atoms with Crippen LogP contribution in [0.5, 0.6) is 5.75 Å². The molecule has 2 fully saturated rings. The van der Waals surface area contributed by atoms with Gasteiger partial charge in [-0.1, -0.05) is 12.0 Å². The molecule has 1 aliphatic carbocycles. The number of hydrogen-bond acceptors (Lipinski definition) is 6. The lowest BCUT2D eigenvalue weighted by Gasteiger charge is -2.33. The molecule has 1 saturated heterocycles. The summed E-state index contributed by atoms with van der Waals surface area (Å²) in [6, 6.07) is 9.61. The van der Waals surface area contributed by atoms with E-state index in [0.717, 1.165) is 65.2 Å². The van der Waals surface area contributed by atoms with Crippen LogP contribution in [-0.4, -0.2) is 78.2 Å². The van der Waals surface area contributed by atoms with Gasteiger partial charge in [0.05, 0.1) is 42.2 Å². The van der Waals surface area contributed by atoms with Crippen molar-refractivity contribution in [3.05, 3.63) is 53.5 Å². The van der Waals surface area contributed by atoms with Crippen LogP contribution in [0.3, 0.4) is 0 Å². The van der Waals surface area contributed by atoms with Crippen molar-refractivity contribution < 1.29 is 33.0 Å². The second kappa shape index (κ2) is 13.0. The Morgan fingerprint density at radius 3 is 2.58 bits per heavy atom. The lowest BCUT2D eigenvalue weighted by Crippen LogP contribution is -2.46. The summed E-state index contributed by atoms with van der Waals surface area (Å²) in [7, 11) is 3.23. The van der Waals surface area contributed by atoms with E-state index in [1.165, 1.54) is 7.11 Å². The monoisotopic (exact) mass is 622 g/mol. The Balaban J connectivity index is 1.50. The average Bonchev–Trinajstić information content (AvgIpc) is 3.72. The number of fused-ring (bicyclic) bond motifs is 1. The summed E-state index contributed by atoms with van der Waals surface area (Å²) in [5, 5.41) is 13.8. The highest BCUT2D eigenvalue weighted by Gasteiger charge is 2.30. The van der Waals surface area contributed by atoms with E-state index >= 15 is 0 Å². The number of nitrogens with zero attached hydrogens (tertiary/aromatic N) is 3. The number of aromatic carboxylic acids is 1. The van der Waals surface area contributed by atoms with Gasteiger partial charge in [-0.2, -0.15) is 0 Å². The average molecular weight is 623 g/mol. The molecule has 11 heteroatoms. The molecule has 1 amide bonds. The van der Waals surface area contributed by atoms with Crippen molar-refractivity contribution in [3.8, 4) is 17.6 Å². The lowest BCUT2D eigenvalue weighted by atomic mass is 10.0. The molecule has 0 unspecified atom stereocenters. The summed E-state index contributed by atoms with van der Waals surface area (Å²) < 4.78 is 42.8. The van der Waals surface area contributed by atoms with Gasteiger partial charge in [0.2, 0.25) is 0 Å². The molecule has 240 valence electrons.